The van der Waals surface area contributed by atoms with Gasteiger partial charge < -0.3 is 4.74 Å². The predicted molar refractivity (Wildman–Crippen MR) is 55.7 cm³/mol. The van der Waals surface area contributed by atoms with E-state index in [2.05, 4.69) is 26.1 Å². The zero-order valence-electron chi connectivity index (χ0n) is 9.23. The second-order valence-electron chi connectivity index (χ2n) is 4.05. The minimum atomic E-state index is 0.0180. The molecule has 0 radical (unpaired) electrons. The first kappa shape index (κ1) is 11.0. The van der Waals surface area contributed by atoms with Crippen LogP contribution in [-0.4, -0.2) is 18.4 Å². The van der Waals surface area contributed by atoms with Gasteiger partial charge in [0.05, 0.1) is 6.61 Å². The molecule has 1 aliphatic heterocycles. The molecule has 0 aliphatic carbocycles. The maximum absolute atomic E-state index is 5.91. The van der Waals surface area contributed by atoms with Crippen molar-refractivity contribution in [3.63, 3.8) is 0 Å². The Morgan fingerprint density at radius 2 is 1.85 bits per heavy atom. The molecule has 78 valence electrons. The summed E-state index contributed by atoms with van der Waals surface area (Å²) in [6.07, 6.45) is 5.87. The molecule has 0 amide bonds. The molecule has 13 heavy (non-hydrogen) atoms. The van der Waals surface area contributed by atoms with Crippen LogP contribution in [0.5, 0.6) is 0 Å². The molecule has 0 bridgehead atoms. The normalized spacial score (nSPS) is 26.5. The Labute approximate surface area is 82.0 Å². The summed E-state index contributed by atoms with van der Waals surface area (Å²) in [5.74, 6) is 0. The van der Waals surface area contributed by atoms with Crippen LogP contribution < -0.4 is 5.32 Å². The molecule has 1 heterocycles. The molecule has 2 nitrogen and oxygen atoms in total. The zero-order chi connectivity index (χ0) is 9.73. The molecule has 1 N–H and O–H groups in total. The van der Waals surface area contributed by atoms with Gasteiger partial charge in [0.25, 0.3) is 0 Å². The van der Waals surface area contributed by atoms with Crippen LogP contribution in [0.15, 0.2) is 0 Å². The lowest BCUT2D eigenvalue weighted by atomic mass is 10.0. The van der Waals surface area contributed by atoms with E-state index in [1.165, 1.54) is 19.3 Å². The molecule has 0 spiro atoms. The first-order valence-corrected chi connectivity index (χ1v) is 5.68. The quantitative estimate of drug-likeness (QED) is 0.711. The largest absolute Gasteiger partial charge is 0.359 e. The smallest absolute Gasteiger partial charge is 0.119 e. The van der Waals surface area contributed by atoms with Gasteiger partial charge in [0.1, 0.15) is 5.72 Å². The highest BCUT2D eigenvalue weighted by Gasteiger charge is 2.36. The first-order chi connectivity index (χ1) is 6.26. The van der Waals surface area contributed by atoms with E-state index in [0.29, 0.717) is 6.04 Å². The Morgan fingerprint density at radius 1 is 1.23 bits per heavy atom. The molecular formula is C11H23NO. The summed E-state index contributed by atoms with van der Waals surface area (Å²) in [7, 11) is 0. The van der Waals surface area contributed by atoms with E-state index in [-0.39, 0.29) is 5.72 Å². The summed E-state index contributed by atoms with van der Waals surface area (Å²) in [5.41, 5.74) is 0.0180. The van der Waals surface area contributed by atoms with Crippen molar-refractivity contribution >= 4 is 0 Å². The maximum Gasteiger partial charge on any atom is 0.119 e. The first-order valence-electron chi connectivity index (χ1n) is 5.68. The minimum absolute atomic E-state index is 0.0180. The predicted octanol–water partition coefficient (Wildman–Crippen LogP) is 2.68. The van der Waals surface area contributed by atoms with E-state index in [9.17, 15) is 0 Å². The molecule has 1 fully saturated rings. The Kier molecular flexibility index (Phi) is 4.20. The van der Waals surface area contributed by atoms with E-state index in [0.717, 1.165) is 19.4 Å². The number of hydrogen-bond donors (Lipinski definition) is 1. The van der Waals surface area contributed by atoms with E-state index < -0.39 is 0 Å². The second-order valence-corrected chi connectivity index (χ2v) is 4.05. The molecule has 0 saturated carbocycles. The summed E-state index contributed by atoms with van der Waals surface area (Å²) >= 11 is 0. The van der Waals surface area contributed by atoms with Gasteiger partial charge in [-0.1, -0.05) is 33.6 Å². The average molecular weight is 185 g/mol. The lowest BCUT2D eigenvalue weighted by Gasteiger charge is -2.28. The molecule has 1 saturated heterocycles. The fourth-order valence-corrected chi connectivity index (χ4v) is 2.16. The Hall–Kier alpha value is -0.0800. The van der Waals surface area contributed by atoms with Crippen LogP contribution in [0.3, 0.4) is 0 Å². The van der Waals surface area contributed by atoms with Crippen molar-refractivity contribution in [2.45, 2.75) is 64.6 Å². The third kappa shape index (κ3) is 2.68. The number of hydrogen-bond acceptors (Lipinski definition) is 2. The summed E-state index contributed by atoms with van der Waals surface area (Å²) in [5, 5.41) is 3.63. The monoisotopic (exact) mass is 185 g/mol. The number of rotatable bonds is 5. The van der Waals surface area contributed by atoms with Crippen LogP contribution in [0.4, 0.5) is 0 Å². The SMILES string of the molecule is CCCC1(CCC)NC(CC)CO1. The van der Waals surface area contributed by atoms with Gasteiger partial charge in [-0.25, -0.2) is 0 Å². The maximum atomic E-state index is 5.91. The second kappa shape index (κ2) is 4.97. The lowest BCUT2D eigenvalue weighted by molar-refractivity contribution is -0.0249. The van der Waals surface area contributed by atoms with E-state index >= 15 is 0 Å². The van der Waals surface area contributed by atoms with Crippen LogP contribution in [0.25, 0.3) is 0 Å². The zero-order valence-corrected chi connectivity index (χ0v) is 9.23. The number of nitrogens with one attached hydrogen (secondary N) is 1. The highest BCUT2D eigenvalue weighted by Crippen LogP contribution is 2.27. The number of ether oxygens (including phenoxy) is 1. The molecule has 0 aromatic heterocycles. The Morgan fingerprint density at radius 3 is 2.23 bits per heavy atom. The van der Waals surface area contributed by atoms with Crippen LogP contribution in [-0.2, 0) is 4.74 Å². The van der Waals surface area contributed by atoms with Crippen molar-refractivity contribution in [1.29, 1.82) is 0 Å². The van der Waals surface area contributed by atoms with Gasteiger partial charge in [-0.15, -0.1) is 0 Å². The summed E-state index contributed by atoms with van der Waals surface area (Å²) < 4.78 is 5.91. The van der Waals surface area contributed by atoms with Gasteiger partial charge in [0.2, 0.25) is 0 Å². The molecular weight excluding hydrogens is 162 g/mol. The molecule has 0 aromatic rings. The van der Waals surface area contributed by atoms with Gasteiger partial charge in [-0.05, 0) is 19.3 Å². The van der Waals surface area contributed by atoms with Crippen molar-refractivity contribution in [1.82, 2.24) is 5.32 Å². The Bertz CT molecular complexity index is 141. The third-order valence-electron chi connectivity index (χ3n) is 2.83. The highest BCUT2D eigenvalue weighted by molar-refractivity contribution is 4.87. The molecule has 1 atom stereocenters. The van der Waals surface area contributed by atoms with Crippen LogP contribution >= 0.6 is 0 Å². The highest BCUT2D eigenvalue weighted by atomic mass is 16.5. The summed E-state index contributed by atoms with van der Waals surface area (Å²) in [6.45, 7) is 7.56. The molecule has 2 heteroatoms. The van der Waals surface area contributed by atoms with E-state index in [1.54, 1.807) is 0 Å². The van der Waals surface area contributed by atoms with E-state index in [4.69, 9.17) is 4.74 Å². The average Bonchev–Trinajstić information content (AvgIpc) is 2.50. The minimum Gasteiger partial charge on any atom is -0.359 e. The van der Waals surface area contributed by atoms with Crippen molar-refractivity contribution in [3.8, 4) is 0 Å². The standard InChI is InChI=1S/C11H23NO/c1-4-7-11(8-5-2)12-10(6-3)9-13-11/h10,12H,4-9H2,1-3H3. The Balaban J connectivity index is 2.49. The van der Waals surface area contributed by atoms with E-state index in [1.807, 2.05) is 0 Å². The van der Waals surface area contributed by atoms with Crippen LogP contribution in [0, 0.1) is 0 Å². The van der Waals surface area contributed by atoms with Crippen molar-refractivity contribution in [3.05, 3.63) is 0 Å². The van der Waals surface area contributed by atoms with Crippen molar-refractivity contribution < 1.29 is 4.74 Å². The van der Waals surface area contributed by atoms with Gasteiger partial charge >= 0.3 is 0 Å². The molecule has 1 rings (SSSR count). The van der Waals surface area contributed by atoms with Crippen LogP contribution in [0.1, 0.15) is 52.9 Å². The molecule has 1 aliphatic rings. The van der Waals surface area contributed by atoms with Gasteiger partial charge in [-0.3, -0.25) is 5.32 Å². The topological polar surface area (TPSA) is 21.3 Å². The lowest BCUT2D eigenvalue weighted by Crippen LogP contribution is -2.43. The third-order valence-corrected chi connectivity index (χ3v) is 2.83. The van der Waals surface area contributed by atoms with Crippen LogP contribution in [0.2, 0.25) is 0 Å². The van der Waals surface area contributed by atoms with Gasteiger partial charge in [0.15, 0.2) is 0 Å². The van der Waals surface area contributed by atoms with Gasteiger partial charge in [0, 0.05) is 6.04 Å². The molecule has 0 aromatic carbocycles. The van der Waals surface area contributed by atoms with Crippen molar-refractivity contribution in [2.24, 2.45) is 0 Å². The summed E-state index contributed by atoms with van der Waals surface area (Å²) in [6, 6.07) is 0.582. The fraction of sp³-hybridized carbons (Fsp3) is 1.00. The molecule has 1 unspecified atom stereocenters. The van der Waals surface area contributed by atoms with Crippen molar-refractivity contribution in [2.75, 3.05) is 6.61 Å². The van der Waals surface area contributed by atoms with Gasteiger partial charge in [-0.2, -0.15) is 0 Å². The summed E-state index contributed by atoms with van der Waals surface area (Å²) in [4.78, 5) is 0. The fourth-order valence-electron chi connectivity index (χ4n) is 2.16.